The molecule has 7 nitrogen and oxygen atoms in total. The van der Waals surface area contributed by atoms with Crippen molar-refractivity contribution in [2.75, 3.05) is 13.2 Å². The van der Waals surface area contributed by atoms with Crippen molar-refractivity contribution in [3.8, 4) is 0 Å². The fourth-order valence-corrected chi connectivity index (χ4v) is 4.43. The van der Waals surface area contributed by atoms with Gasteiger partial charge in [0.25, 0.3) is 11.1 Å². The van der Waals surface area contributed by atoms with E-state index in [1.807, 2.05) is 51.1 Å². The van der Waals surface area contributed by atoms with Gasteiger partial charge in [-0.3, -0.25) is 9.59 Å². The van der Waals surface area contributed by atoms with Crippen LogP contribution in [0.1, 0.15) is 22.3 Å². The standard InChI is InChI=1S/C15H17NO3.C13H13NO2/c1-10-3-4-13-12(7-10)11(2)8-14(17)16(13)9-15-18-5-6-19-15;1-9-3-4-12-11(7-9)10(2)8-13(16)14(12)5-6-15/h3-4,7-8,15H,5-6,9H2,1-2H3;3-4,6-8H,5H2,1-2H3. The number of hydrogen-bond acceptors (Lipinski definition) is 5. The summed E-state index contributed by atoms with van der Waals surface area (Å²) >= 11 is 0. The Hall–Kier alpha value is -3.55. The highest BCUT2D eigenvalue weighted by Gasteiger charge is 2.18. The minimum absolute atomic E-state index is 0.00652. The molecule has 0 amide bonds. The van der Waals surface area contributed by atoms with Crippen LogP contribution in [-0.4, -0.2) is 34.9 Å². The summed E-state index contributed by atoms with van der Waals surface area (Å²) in [5.74, 6) is 0. The van der Waals surface area contributed by atoms with E-state index in [4.69, 9.17) is 9.47 Å². The highest BCUT2D eigenvalue weighted by molar-refractivity contribution is 5.84. The van der Waals surface area contributed by atoms with E-state index in [0.717, 1.165) is 44.8 Å². The molecule has 3 heterocycles. The lowest BCUT2D eigenvalue weighted by atomic mass is 10.1. The SMILES string of the molecule is Cc1ccc2c(c1)c(C)cc(=O)n2CC1OCCO1.Cc1ccc2c(c1)c(C)cc(=O)n2CC=O. The van der Waals surface area contributed by atoms with Crippen molar-refractivity contribution in [1.82, 2.24) is 9.13 Å². The van der Waals surface area contributed by atoms with E-state index in [1.165, 1.54) is 10.1 Å². The molecular weight excluding hydrogens is 444 g/mol. The first kappa shape index (κ1) is 24.6. The van der Waals surface area contributed by atoms with E-state index in [-0.39, 0.29) is 24.0 Å². The maximum atomic E-state index is 12.2. The molecule has 1 saturated heterocycles. The van der Waals surface area contributed by atoms with Crippen LogP contribution in [0.3, 0.4) is 0 Å². The van der Waals surface area contributed by atoms with E-state index < -0.39 is 0 Å². The van der Waals surface area contributed by atoms with Crippen LogP contribution in [0.4, 0.5) is 0 Å². The number of fused-ring (bicyclic) bond motifs is 2. The first-order valence-electron chi connectivity index (χ1n) is 11.7. The van der Waals surface area contributed by atoms with Crippen LogP contribution in [0.25, 0.3) is 21.8 Å². The minimum Gasteiger partial charge on any atom is -0.348 e. The smallest absolute Gasteiger partial charge is 0.251 e. The first-order valence-corrected chi connectivity index (χ1v) is 11.7. The molecule has 0 radical (unpaired) electrons. The number of rotatable bonds is 4. The molecule has 2 aromatic heterocycles. The Morgan fingerprint density at radius 3 is 1.77 bits per heavy atom. The maximum absolute atomic E-state index is 12.2. The summed E-state index contributed by atoms with van der Waals surface area (Å²) in [6.45, 7) is 9.69. The second kappa shape index (κ2) is 10.4. The number of nitrogens with zero attached hydrogens (tertiary/aromatic N) is 2. The third-order valence-corrected chi connectivity index (χ3v) is 6.23. The average molecular weight is 475 g/mol. The Morgan fingerprint density at radius 2 is 1.26 bits per heavy atom. The van der Waals surface area contributed by atoms with Crippen molar-refractivity contribution in [1.29, 1.82) is 0 Å². The molecule has 2 aromatic carbocycles. The molecule has 1 fully saturated rings. The average Bonchev–Trinajstić information content (AvgIpc) is 3.33. The van der Waals surface area contributed by atoms with Crippen LogP contribution in [0.2, 0.25) is 0 Å². The van der Waals surface area contributed by atoms with Crippen LogP contribution in [-0.2, 0) is 27.4 Å². The molecular formula is C28H30N2O5. The summed E-state index contributed by atoms with van der Waals surface area (Å²) in [6.07, 6.45) is 0.431. The summed E-state index contributed by atoms with van der Waals surface area (Å²) in [7, 11) is 0. The summed E-state index contributed by atoms with van der Waals surface area (Å²) in [5.41, 5.74) is 5.92. The molecule has 0 aliphatic carbocycles. The Labute approximate surface area is 203 Å². The van der Waals surface area contributed by atoms with Crippen LogP contribution in [0, 0.1) is 27.7 Å². The van der Waals surface area contributed by atoms with Crippen LogP contribution >= 0.6 is 0 Å². The number of ether oxygens (including phenoxy) is 2. The largest absolute Gasteiger partial charge is 0.348 e. The third kappa shape index (κ3) is 5.26. The summed E-state index contributed by atoms with van der Waals surface area (Å²) in [4.78, 5) is 34.5. The molecule has 4 aromatic rings. The lowest BCUT2D eigenvalue weighted by molar-refractivity contribution is -0.108. The normalized spacial score (nSPS) is 13.7. The minimum atomic E-state index is -0.315. The number of aryl methyl sites for hydroxylation is 4. The van der Waals surface area contributed by atoms with Gasteiger partial charge in [-0.1, -0.05) is 23.3 Å². The van der Waals surface area contributed by atoms with Crippen molar-refractivity contribution < 1.29 is 14.3 Å². The lowest BCUT2D eigenvalue weighted by Crippen LogP contribution is -2.27. The zero-order chi connectivity index (χ0) is 25.1. The summed E-state index contributed by atoms with van der Waals surface area (Å²) in [5, 5.41) is 2.14. The number of benzene rings is 2. The predicted octanol–water partition coefficient (Wildman–Crippen LogP) is 3.81. The van der Waals surface area contributed by atoms with Gasteiger partial charge in [0, 0.05) is 22.9 Å². The molecule has 0 atom stereocenters. The molecule has 0 saturated carbocycles. The second-order valence-electron chi connectivity index (χ2n) is 8.93. The zero-order valence-electron chi connectivity index (χ0n) is 20.5. The quantitative estimate of drug-likeness (QED) is 0.420. The Balaban J connectivity index is 0.000000168. The highest BCUT2D eigenvalue weighted by atomic mass is 16.7. The van der Waals surface area contributed by atoms with Crippen molar-refractivity contribution >= 4 is 28.1 Å². The van der Waals surface area contributed by atoms with Crippen LogP contribution < -0.4 is 11.1 Å². The molecule has 1 aliphatic heterocycles. The van der Waals surface area contributed by atoms with Gasteiger partial charge in [0.15, 0.2) is 6.29 Å². The molecule has 0 spiro atoms. The molecule has 5 rings (SSSR count). The van der Waals surface area contributed by atoms with Gasteiger partial charge in [-0.2, -0.15) is 0 Å². The van der Waals surface area contributed by atoms with Gasteiger partial charge in [0.1, 0.15) is 6.29 Å². The number of hydrogen-bond donors (Lipinski definition) is 0. The molecule has 182 valence electrons. The van der Waals surface area contributed by atoms with Gasteiger partial charge < -0.3 is 23.4 Å². The summed E-state index contributed by atoms with van der Waals surface area (Å²) in [6, 6.07) is 15.2. The predicted molar refractivity (Wildman–Crippen MR) is 137 cm³/mol. The van der Waals surface area contributed by atoms with Gasteiger partial charge in [0.2, 0.25) is 0 Å². The van der Waals surface area contributed by atoms with Crippen molar-refractivity contribution in [3.05, 3.63) is 91.5 Å². The number of aldehydes is 1. The second-order valence-corrected chi connectivity index (χ2v) is 8.93. The summed E-state index contributed by atoms with van der Waals surface area (Å²) < 4.78 is 14.1. The Morgan fingerprint density at radius 1 is 0.771 bits per heavy atom. The van der Waals surface area contributed by atoms with E-state index in [0.29, 0.717) is 19.8 Å². The van der Waals surface area contributed by atoms with E-state index >= 15 is 0 Å². The number of carbonyl (C=O) groups excluding carboxylic acids is 1. The van der Waals surface area contributed by atoms with Crippen molar-refractivity contribution in [2.24, 2.45) is 0 Å². The van der Waals surface area contributed by atoms with E-state index in [1.54, 1.807) is 16.7 Å². The van der Waals surface area contributed by atoms with Crippen molar-refractivity contribution in [3.63, 3.8) is 0 Å². The Bertz CT molecular complexity index is 1510. The molecule has 35 heavy (non-hydrogen) atoms. The van der Waals surface area contributed by atoms with Gasteiger partial charge in [-0.15, -0.1) is 0 Å². The Kier molecular flexibility index (Phi) is 7.28. The van der Waals surface area contributed by atoms with Gasteiger partial charge in [-0.25, -0.2) is 0 Å². The molecule has 0 unspecified atom stereocenters. The van der Waals surface area contributed by atoms with Gasteiger partial charge in [0.05, 0.1) is 37.3 Å². The maximum Gasteiger partial charge on any atom is 0.251 e. The fraction of sp³-hybridized carbons (Fsp3) is 0.321. The van der Waals surface area contributed by atoms with Crippen molar-refractivity contribution in [2.45, 2.75) is 47.1 Å². The van der Waals surface area contributed by atoms with E-state index in [2.05, 4.69) is 13.0 Å². The molecule has 7 heteroatoms. The monoisotopic (exact) mass is 474 g/mol. The fourth-order valence-electron chi connectivity index (χ4n) is 4.43. The number of carbonyl (C=O) groups is 1. The first-order chi connectivity index (χ1) is 16.8. The third-order valence-electron chi connectivity index (χ3n) is 6.23. The number of aromatic nitrogens is 2. The van der Waals surface area contributed by atoms with Crippen LogP contribution in [0.15, 0.2) is 58.1 Å². The molecule has 0 bridgehead atoms. The van der Waals surface area contributed by atoms with Gasteiger partial charge in [-0.05, 0) is 63.1 Å². The molecule has 0 N–H and O–H groups in total. The van der Waals surface area contributed by atoms with Gasteiger partial charge >= 0.3 is 0 Å². The zero-order valence-corrected chi connectivity index (χ0v) is 20.5. The van der Waals surface area contributed by atoms with Crippen LogP contribution in [0.5, 0.6) is 0 Å². The molecule has 1 aliphatic rings. The topological polar surface area (TPSA) is 79.5 Å². The number of pyridine rings is 2. The highest BCUT2D eigenvalue weighted by Crippen LogP contribution is 2.20. The lowest BCUT2D eigenvalue weighted by Gasteiger charge is -2.15. The van der Waals surface area contributed by atoms with E-state index in [9.17, 15) is 14.4 Å².